The Morgan fingerprint density at radius 3 is 2.25 bits per heavy atom. The number of hydrogen-bond donors (Lipinski definition) is 1. The van der Waals surface area contributed by atoms with Gasteiger partial charge in [0.1, 0.15) is 12.1 Å². The topological polar surface area (TPSA) is 116 Å². The number of rotatable bonds is 4. The van der Waals surface area contributed by atoms with Gasteiger partial charge in [-0.25, -0.2) is 9.59 Å². The van der Waals surface area contributed by atoms with Gasteiger partial charge in [0.05, 0.1) is 13.7 Å². The van der Waals surface area contributed by atoms with Crippen molar-refractivity contribution in [2.24, 2.45) is 5.73 Å². The van der Waals surface area contributed by atoms with E-state index in [9.17, 15) is 19.2 Å². The monoisotopic (exact) mass is 284 g/mol. The average Bonchev–Trinajstić information content (AvgIpc) is 2.80. The molecule has 1 saturated heterocycles. The molecule has 0 unspecified atom stereocenters. The smallest absolute Gasteiger partial charge is 0.331 e. The molecule has 2 amide bonds. The van der Waals surface area contributed by atoms with Crippen LogP contribution in [0.3, 0.4) is 0 Å². The van der Waals surface area contributed by atoms with E-state index >= 15 is 0 Å². The third-order valence-electron chi connectivity index (χ3n) is 2.84. The van der Waals surface area contributed by atoms with Gasteiger partial charge >= 0.3 is 11.9 Å². The zero-order valence-corrected chi connectivity index (χ0v) is 11.2. The van der Waals surface area contributed by atoms with E-state index in [0.717, 1.165) is 12.2 Å². The van der Waals surface area contributed by atoms with Crippen molar-refractivity contribution in [2.75, 3.05) is 13.7 Å². The van der Waals surface area contributed by atoms with Crippen LogP contribution in [0.4, 0.5) is 0 Å². The molecule has 8 nitrogen and oxygen atoms in total. The number of carbonyl (C=O) groups is 4. The number of esters is 2. The summed E-state index contributed by atoms with van der Waals surface area (Å²) in [6, 6.07) is -0.783. The van der Waals surface area contributed by atoms with Crippen LogP contribution in [0.5, 0.6) is 0 Å². The Balaban J connectivity index is 2.60. The zero-order valence-electron chi connectivity index (χ0n) is 11.2. The molecule has 1 fully saturated rings. The van der Waals surface area contributed by atoms with E-state index < -0.39 is 30.0 Å². The first kappa shape index (κ1) is 15.7. The van der Waals surface area contributed by atoms with Gasteiger partial charge in [-0.1, -0.05) is 0 Å². The third kappa shape index (κ3) is 4.08. The second-order valence-electron chi connectivity index (χ2n) is 4.24. The Morgan fingerprint density at radius 1 is 1.20 bits per heavy atom. The summed E-state index contributed by atoms with van der Waals surface area (Å²) in [4.78, 5) is 46.1. The van der Waals surface area contributed by atoms with Crippen molar-refractivity contribution < 1.29 is 28.7 Å². The normalized spacial score (nSPS) is 21.8. The van der Waals surface area contributed by atoms with Crippen LogP contribution in [-0.4, -0.2) is 54.5 Å². The number of nitrogens with two attached hydrogens (primary N) is 1. The summed E-state index contributed by atoms with van der Waals surface area (Å²) in [7, 11) is 1.18. The number of amides is 2. The molecule has 2 atom stereocenters. The largest absolute Gasteiger partial charge is 0.466 e. The van der Waals surface area contributed by atoms with Crippen LogP contribution < -0.4 is 5.73 Å². The van der Waals surface area contributed by atoms with Gasteiger partial charge in [-0.05, 0) is 0 Å². The number of carbonyl (C=O) groups excluding carboxylic acids is 4. The fourth-order valence-electron chi connectivity index (χ4n) is 1.91. The molecule has 1 aliphatic heterocycles. The maximum atomic E-state index is 11.4. The second kappa shape index (κ2) is 6.69. The maximum Gasteiger partial charge on any atom is 0.331 e. The van der Waals surface area contributed by atoms with Crippen molar-refractivity contribution in [3.05, 3.63) is 12.2 Å². The lowest BCUT2D eigenvalue weighted by Crippen LogP contribution is -2.42. The summed E-state index contributed by atoms with van der Waals surface area (Å²) < 4.78 is 9.35. The molecule has 0 aromatic carbocycles. The molecule has 0 bridgehead atoms. The molecular formula is C12H16N2O6. The highest BCUT2D eigenvalue weighted by atomic mass is 16.5. The Kier molecular flexibility index (Phi) is 5.24. The minimum absolute atomic E-state index is 0.0980. The molecule has 1 rings (SSSR count). The summed E-state index contributed by atoms with van der Waals surface area (Å²) in [5, 5.41) is 0. The molecule has 0 aromatic heterocycles. The zero-order chi connectivity index (χ0) is 15.3. The summed E-state index contributed by atoms with van der Waals surface area (Å²) in [6.45, 7) is 1.40. The molecule has 1 heterocycles. The third-order valence-corrected chi connectivity index (χ3v) is 2.84. The summed E-state index contributed by atoms with van der Waals surface area (Å²) in [5.74, 6) is -2.41. The highest BCUT2D eigenvalue weighted by molar-refractivity contribution is 5.92. The first-order chi connectivity index (χ1) is 9.35. The van der Waals surface area contributed by atoms with Crippen molar-refractivity contribution in [1.29, 1.82) is 0 Å². The van der Waals surface area contributed by atoms with Crippen LogP contribution in [0.25, 0.3) is 0 Å². The van der Waals surface area contributed by atoms with E-state index in [2.05, 4.69) is 4.74 Å². The molecule has 110 valence electrons. The van der Waals surface area contributed by atoms with Crippen molar-refractivity contribution >= 4 is 23.8 Å². The minimum atomic E-state index is -0.783. The van der Waals surface area contributed by atoms with Crippen molar-refractivity contribution in [3.8, 4) is 0 Å². The van der Waals surface area contributed by atoms with Gasteiger partial charge in [0.15, 0.2) is 0 Å². The predicted octanol–water partition coefficient (Wildman–Crippen LogP) is -1.27. The maximum absolute atomic E-state index is 11.4. The van der Waals surface area contributed by atoms with Gasteiger partial charge in [0, 0.05) is 25.5 Å². The highest BCUT2D eigenvalue weighted by Gasteiger charge is 2.38. The first-order valence-electron chi connectivity index (χ1n) is 5.88. The quantitative estimate of drug-likeness (QED) is 0.508. The lowest BCUT2D eigenvalue weighted by atomic mass is 10.2. The fourth-order valence-corrected chi connectivity index (χ4v) is 1.91. The Labute approximate surface area is 115 Å². The summed E-state index contributed by atoms with van der Waals surface area (Å²) >= 11 is 0. The lowest BCUT2D eigenvalue weighted by molar-refractivity contribution is -0.144. The van der Waals surface area contributed by atoms with Crippen molar-refractivity contribution in [3.63, 3.8) is 0 Å². The SMILES string of the molecule is COC(=O)/C=C/C(=O)O[C@@H]1C[C@@H](C(N)=O)N(C(C)=O)C1. The Bertz CT molecular complexity index is 437. The minimum Gasteiger partial charge on any atom is -0.466 e. The van der Waals surface area contributed by atoms with E-state index in [0.29, 0.717) is 0 Å². The molecule has 8 heteroatoms. The molecule has 2 N–H and O–H groups in total. The van der Waals surface area contributed by atoms with E-state index in [1.54, 1.807) is 0 Å². The molecule has 0 saturated carbocycles. The van der Waals surface area contributed by atoms with Crippen LogP contribution in [0.2, 0.25) is 0 Å². The van der Waals surface area contributed by atoms with Crippen LogP contribution in [0, 0.1) is 0 Å². The van der Waals surface area contributed by atoms with Crippen LogP contribution >= 0.6 is 0 Å². The molecule has 0 aromatic rings. The number of methoxy groups -OCH3 is 1. The van der Waals surface area contributed by atoms with E-state index in [1.165, 1.54) is 18.9 Å². The molecule has 0 radical (unpaired) electrons. The molecule has 0 spiro atoms. The highest BCUT2D eigenvalue weighted by Crippen LogP contribution is 2.20. The van der Waals surface area contributed by atoms with E-state index in [-0.39, 0.29) is 18.9 Å². The number of nitrogens with zero attached hydrogens (tertiary/aromatic N) is 1. The molecule has 1 aliphatic rings. The van der Waals surface area contributed by atoms with Crippen LogP contribution in [0.1, 0.15) is 13.3 Å². The van der Waals surface area contributed by atoms with Crippen LogP contribution in [0.15, 0.2) is 12.2 Å². The Hall–Kier alpha value is -2.38. The number of primary amides is 1. The molecule has 0 aliphatic carbocycles. The summed E-state index contributed by atoms with van der Waals surface area (Å²) in [5.41, 5.74) is 5.19. The number of ether oxygens (including phenoxy) is 2. The van der Waals surface area contributed by atoms with Gasteiger partial charge in [-0.3, -0.25) is 9.59 Å². The second-order valence-corrected chi connectivity index (χ2v) is 4.24. The number of likely N-dealkylation sites (tertiary alicyclic amines) is 1. The molecule has 20 heavy (non-hydrogen) atoms. The predicted molar refractivity (Wildman–Crippen MR) is 66.0 cm³/mol. The standard InChI is InChI=1S/C12H16N2O6/c1-7(15)14-6-8(5-9(14)12(13)18)20-11(17)4-3-10(16)19-2/h3-4,8-9H,5-6H2,1-2H3,(H2,13,18)/b4-3+/t8-,9+/m1/s1. The van der Waals surface area contributed by atoms with E-state index in [4.69, 9.17) is 10.5 Å². The van der Waals surface area contributed by atoms with E-state index in [1.807, 2.05) is 0 Å². The average molecular weight is 284 g/mol. The van der Waals surface area contributed by atoms with Gasteiger partial charge in [-0.2, -0.15) is 0 Å². The first-order valence-corrected chi connectivity index (χ1v) is 5.88. The fraction of sp³-hybridized carbons (Fsp3) is 0.500. The van der Waals surface area contributed by atoms with Crippen molar-refractivity contribution in [1.82, 2.24) is 4.90 Å². The lowest BCUT2D eigenvalue weighted by Gasteiger charge is -2.19. The summed E-state index contributed by atoms with van der Waals surface area (Å²) in [6.07, 6.45) is 1.35. The Morgan fingerprint density at radius 2 is 1.80 bits per heavy atom. The molecular weight excluding hydrogens is 268 g/mol. The van der Waals surface area contributed by atoms with Gasteiger partial charge in [0.2, 0.25) is 11.8 Å². The van der Waals surface area contributed by atoms with Crippen LogP contribution in [-0.2, 0) is 28.7 Å². The van der Waals surface area contributed by atoms with Gasteiger partial charge in [0.25, 0.3) is 0 Å². The number of hydrogen-bond acceptors (Lipinski definition) is 6. The van der Waals surface area contributed by atoms with Gasteiger partial charge < -0.3 is 20.1 Å². The van der Waals surface area contributed by atoms with Crippen molar-refractivity contribution in [2.45, 2.75) is 25.5 Å². The van der Waals surface area contributed by atoms with Gasteiger partial charge in [-0.15, -0.1) is 0 Å².